The minimum absolute atomic E-state index is 0.280. The van der Waals surface area contributed by atoms with Crippen LogP contribution in [0.2, 0.25) is 65.5 Å². The Morgan fingerprint density at radius 3 is 1.19 bits per heavy atom. The van der Waals surface area contributed by atoms with E-state index in [0.29, 0.717) is 0 Å². The first-order chi connectivity index (χ1) is 6.69. The molecule has 0 aliphatic carbocycles. The molecule has 1 atom stereocenters. The minimum Gasteiger partial charge on any atom is -0.0766 e. The molecule has 0 radical (unpaired) electrons. The molecule has 98 valence electrons. The fourth-order valence-electron chi connectivity index (χ4n) is 2.46. The Balaban J connectivity index is 5.53. The number of rotatable bonds is 4. The van der Waals surface area contributed by atoms with E-state index in [1.807, 2.05) is 0 Å². The van der Waals surface area contributed by atoms with Crippen molar-refractivity contribution in [2.45, 2.75) is 65.5 Å². The maximum atomic E-state index is 2.80. The molecule has 0 saturated carbocycles. The van der Waals surface area contributed by atoms with Crippen molar-refractivity contribution in [1.82, 2.24) is 0 Å². The molecule has 0 aliphatic rings. The van der Waals surface area contributed by atoms with E-state index in [9.17, 15) is 0 Å². The molecule has 0 saturated heterocycles. The Morgan fingerprint density at radius 1 is 0.688 bits per heavy atom. The fraction of sp³-hybridized carbons (Fsp3) is 1.00. The molecule has 0 amide bonds. The van der Waals surface area contributed by atoms with Gasteiger partial charge in [-0.3, -0.25) is 0 Å². The average molecular weight is 323 g/mol. The van der Waals surface area contributed by atoms with E-state index in [-0.39, 0.29) is 7.83 Å². The summed E-state index contributed by atoms with van der Waals surface area (Å²) in [5.41, 5.74) is 0. The highest BCUT2D eigenvalue weighted by Gasteiger charge is 2.57. The van der Waals surface area contributed by atoms with Gasteiger partial charge in [0.1, 0.15) is 0 Å². The molecule has 0 aromatic carbocycles. The Kier molecular flexibility index (Phi) is 5.15. The molecule has 0 bridgehead atoms. The van der Waals surface area contributed by atoms with Gasteiger partial charge in [-0.2, -0.15) is 0 Å². The fourth-order valence-corrected chi connectivity index (χ4v) is 134. The van der Waals surface area contributed by atoms with Gasteiger partial charge < -0.3 is 0 Å². The van der Waals surface area contributed by atoms with Gasteiger partial charge in [-0.15, -0.1) is 0 Å². The Labute approximate surface area is 112 Å². The zero-order valence-corrected chi connectivity index (χ0v) is 20.7. The van der Waals surface area contributed by atoms with Crippen LogP contribution in [0.1, 0.15) is 0 Å². The molecule has 0 aromatic heterocycles. The van der Waals surface area contributed by atoms with Gasteiger partial charge in [0.15, 0.2) is 0 Å². The lowest BCUT2D eigenvalue weighted by atomic mass is 11.8. The second-order valence-corrected chi connectivity index (χ2v) is 69.7. The Bertz CT molecular complexity index is 249. The molecule has 0 aliphatic heterocycles. The zero-order chi connectivity index (χ0) is 13.6. The quantitative estimate of drug-likeness (QED) is 0.698. The van der Waals surface area contributed by atoms with Crippen LogP contribution in [0.3, 0.4) is 0 Å². The molecule has 0 aromatic rings. The largest absolute Gasteiger partial charge is 0.0766 e. The van der Waals surface area contributed by atoms with Crippen molar-refractivity contribution in [2.75, 3.05) is 0 Å². The summed E-state index contributed by atoms with van der Waals surface area (Å²) in [4.78, 5) is 0. The van der Waals surface area contributed by atoms with Gasteiger partial charge in [0, 0.05) is 36.7 Å². The molecular weight excluding hydrogens is 289 g/mol. The van der Waals surface area contributed by atoms with E-state index in [1.165, 1.54) is 0 Å². The van der Waals surface area contributed by atoms with Crippen LogP contribution in [0.15, 0.2) is 0 Å². The molecule has 0 fully saturated rings. The first-order valence-electron chi connectivity index (χ1n) is 6.69. The van der Waals surface area contributed by atoms with Crippen molar-refractivity contribution in [3.8, 4) is 0 Å². The second kappa shape index (κ2) is 4.77. The highest BCUT2D eigenvalue weighted by Crippen LogP contribution is 2.35. The summed E-state index contributed by atoms with van der Waals surface area (Å²) in [6, 6.07) is 0. The normalized spacial score (nSPS) is 17.6. The number of hydrogen-bond donors (Lipinski definition) is 0. The van der Waals surface area contributed by atoms with Crippen LogP contribution in [0.5, 0.6) is 0 Å². The van der Waals surface area contributed by atoms with Crippen molar-refractivity contribution in [3.05, 3.63) is 0 Å². The smallest absolute Gasteiger partial charge is 0.0354 e. The average Bonchev–Trinajstić information content (AvgIpc) is 2.00. The standard InChI is InChI=1S/C10H34Si6/c1-12(11)14(5,6)16(9,10)15(7,8)13(2,3)4/h12H,1-11H3. The van der Waals surface area contributed by atoms with E-state index in [2.05, 4.69) is 65.5 Å². The van der Waals surface area contributed by atoms with Gasteiger partial charge in [-0.25, -0.2) is 0 Å². The van der Waals surface area contributed by atoms with Crippen LogP contribution in [0, 0.1) is 0 Å². The van der Waals surface area contributed by atoms with E-state index in [1.54, 1.807) is 9.76 Å². The summed E-state index contributed by atoms with van der Waals surface area (Å²) in [5.74, 6) is 0. The maximum absolute atomic E-state index is 2.80. The van der Waals surface area contributed by atoms with Crippen molar-refractivity contribution in [1.29, 1.82) is 0 Å². The van der Waals surface area contributed by atoms with Crippen molar-refractivity contribution < 1.29 is 0 Å². The van der Waals surface area contributed by atoms with E-state index in [0.717, 1.165) is 0 Å². The van der Waals surface area contributed by atoms with Crippen molar-refractivity contribution in [3.63, 3.8) is 0 Å². The third-order valence-electron chi connectivity index (χ3n) is 6.49. The van der Waals surface area contributed by atoms with Crippen molar-refractivity contribution >= 4 is 46.5 Å². The molecule has 16 heavy (non-hydrogen) atoms. The van der Waals surface area contributed by atoms with E-state index in [4.69, 9.17) is 0 Å². The summed E-state index contributed by atoms with van der Waals surface area (Å²) >= 11 is 0. The first kappa shape index (κ1) is 17.3. The van der Waals surface area contributed by atoms with Gasteiger partial charge in [0.2, 0.25) is 0 Å². The maximum Gasteiger partial charge on any atom is 0.0354 e. The van der Waals surface area contributed by atoms with Crippen molar-refractivity contribution in [2.24, 2.45) is 0 Å². The zero-order valence-electron chi connectivity index (χ0n) is 13.6. The Morgan fingerprint density at radius 2 is 1.00 bits per heavy atom. The summed E-state index contributed by atoms with van der Waals surface area (Å²) < 4.78 is 0. The Hall–Kier alpha value is 1.30. The van der Waals surface area contributed by atoms with Gasteiger partial charge in [-0.1, -0.05) is 65.5 Å². The topological polar surface area (TPSA) is 0 Å². The summed E-state index contributed by atoms with van der Waals surface area (Å²) in [6.45, 7) is 27.3. The van der Waals surface area contributed by atoms with Gasteiger partial charge in [0.25, 0.3) is 0 Å². The summed E-state index contributed by atoms with van der Waals surface area (Å²) in [7, 11) is -2.30. The number of hydrogen-bond acceptors (Lipinski definition) is 0. The lowest BCUT2D eigenvalue weighted by molar-refractivity contribution is 1.74. The molecule has 0 heterocycles. The van der Waals surface area contributed by atoms with Crippen LogP contribution in [-0.4, -0.2) is 46.5 Å². The molecule has 0 nitrogen and oxygen atoms in total. The lowest BCUT2D eigenvalue weighted by Gasteiger charge is -2.55. The van der Waals surface area contributed by atoms with Crippen LogP contribution in [-0.2, 0) is 0 Å². The van der Waals surface area contributed by atoms with Gasteiger partial charge >= 0.3 is 0 Å². The third kappa shape index (κ3) is 2.66. The van der Waals surface area contributed by atoms with Crippen LogP contribution in [0.25, 0.3) is 0 Å². The molecule has 0 N–H and O–H groups in total. The SMILES string of the molecule is C[SiH]([SiH3])[Si](C)(C)[Si](C)(C)[Si](C)(C)[Si](C)(C)C. The first-order valence-corrected chi connectivity index (χ1v) is 29.8. The molecular formula is C10H34Si6. The summed E-state index contributed by atoms with van der Waals surface area (Å²) in [6.07, 6.45) is 0. The molecule has 0 rings (SSSR count). The van der Waals surface area contributed by atoms with Gasteiger partial charge in [-0.05, 0) is 9.76 Å². The van der Waals surface area contributed by atoms with Gasteiger partial charge in [0.05, 0.1) is 0 Å². The van der Waals surface area contributed by atoms with E-state index < -0.39 is 28.9 Å². The van der Waals surface area contributed by atoms with Crippen LogP contribution < -0.4 is 0 Å². The predicted molar refractivity (Wildman–Crippen MR) is 98.7 cm³/mol. The minimum atomic E-state index is -0.934. The van der Waals surface area contributed by atoms with E-state index >= 15 is 0 Å². The lowest BCUT2D eigenvalue weighted by Crippen LogP contribution is -2.81. The third-order valence-corrected chi connectivity index (χ3v) is 117. The molecule has 0 spiro atoms. The molecule has 1 unspecified atom stereocenters. The highest BCUT2D eigenvalue weighted by molar-refractivity contribution is 7.92. The summed E-state index contributed by atoms with van der Waals surface area (Å²) in [5, 5.41) is 0. The second-order valence-electron chi connectivity index (χ2n) is 8.38. The predicted octanol–water partition coefficient (Wildman–Crippen LogP) is 2.48. The monoisotopic (exact) mass is 322 g/mol. The molecule has 6 heteroatoms. The van der Waals surface area contributed by atoms with Crippen LogP contribution >= 0.6 is 0 Å². The highest BCUT2D eigenvalue weighted by atomic mass is 30.0. The van der Waals surface area contributed by atoms with Crippen LogP contribution in [0.4, 0.5) is 0 Å².